The lowest BCUT2D eigenvalue weighted by atomic mass is 9.93. The Morgan fingerprint density at radius 2 is 1.82 bits per heavy atom. The molecule has 1 heterocycles. The molecule has 208 valence electrons. The summed E-state index contributed by atoms with van der Waals surface area (Å²) in [6.07, 6.45) is 11.2. The number of nitro groups is 1. The minimum absolute atomic E-state index is 0.0472. The zero-order valence-electron chi connectivity index (χ0n) is 22.4. The lowest BCUT2D eigenvalue weighted by Crippen LogP contribution is -2.36. The second kappa shape index (κ2) is 12.8. The van der Waals surface area contributed by atoms with Gasteiger partial charge in [0.05, 0.1) is 21.1 Å². The van der Waals surface area contributed by atoms with Gasteiger partial charge in [-0.1, -0.05) is 49.2 Å². The van der Waals surface area contributed by atoms with E-state index in [1.165, 1.54) is 36.0 Å². The number of fused-ring (bicyclic) bond motifs is 1. The van der Waals surface area contributed by atoms with Gasteiger partial charge in [0.15, 0.2) is 0 Å². The Morgan fingerprint density at radius 3 is 2.60 bits per heavy atom. The molecular formula is C30H32N4O4S2. The number of nitro benzene ring substituents is 1. The number of aryl methyl sites for hydroxylation is 1. The molecule has 1 fully saturated rings. The van der Waals surface area contributed by atoms with Crippen LogP contribution in [0.25, 0.3) is 0 Å². The first-order valence-corrected chi connectivity index (χ1v) is 15.3. The van der Waals surface area contributed by atoms with Crippen molar-refractivity contribution in [3.05, 3.63) is 74.1 Å². The molecule has 8 nitrogen and oxygen atoms in total. The number of hydrogen-bond acceptors (Lipinski definition) is 7. The van der Waals surface area contributed by atoms with Gasteiger partial charge in [0.2, 0.25) is 5.91 Å². The van der Waals surface area contributed by atoms with Crippen LogP contribution >= 0.6 is 23.1 Å². The Labute approximate surface area is 241 Å². The summed E-state index contributed by atoms with van der Waals surface area (Å²) < 4.78 is 0. The van der Waals surface area contributed by atoms with Crippen LogP contribution in [0, 0.1) is 10.1 Å². The summed E-state index contributed by atoms with van der Waals surface area (Å²) in [5.74, 6) is -0.259. The summed E-state index contributed by atoms with van der Waals surface area (Å²) in [4.78, 5) is 43.7. The average molecular weight is 577 g/mol. The van der Waals surface area contributed by atoms with Crippen LogP contribution in [0.15, 0.2) is 57.2 Å². The van der Waals surface area contributed by atoms with Crippen molar-refractivity contribution in [1.29, 1.82) is 0 Å². The van der Waals surface area contributed by atoms with Crippen LogP contribution in [0.3, 0.4) is 0 Å². The highest BCUT2D eigenvalue weighted by molar-refractivity contribution is 7.99. The summed E-state index contributed by atoms with van der Waals surface area (Å²) in [5.41, 5.74) is 2.93. The predicted molar refractivity (Wildman–Crippen MR) is 161 cm³/mol. The molecule has 0 unspecified atom stereocenters. The Balaban J connectivity index is 1.41. The Bertz CT molecular complexity index is 1460. The number of nitrogens with zero attached hydrogens (tertiary/aromatic N) is 2. The molecule has 0 saturated heterocycles. The van der Waals surface area contributed by atoms with E-state index >= 15 is 0 Å². The molecule has 1 aromatic heterocycles. The highest BCUT2D eigenvalue weighted by atomic mass is 32.2. The SMILES string of the molecule is CC(=O)Nc1ccccc1Sc1ccc(C=Nc2sc3c(c2C(=O)NC2CCCCC2)CCCC3)cc1[N+](=O)[O-]. The molecule has 0 aliphatic heterocycles. The maximum Gasteiger partial charge on any atom is 0.283 e. The lowest BCUT2D eigenvalue weighted by molar-refractivity contribution is -0.387. The minimum atomic E-state index is -0.409. The van der Waals surface area contributed by atoms with Crippen molar-refractivity contribution in [2.24, 2.45) is 4.99 Å². The van der Waals surface area contributed by atoms with E-state index in [4.69, 9.17) is 4.99 Å². The molecule has 3 aromatic rings. The van der Waals surface area contributed by atoms with Gasteiger partial charge in [-0.2, -0.15) is 0 Å². The van der Waals surface area contributed by atoms with E-state index < -0.39 is 4.92 Å². The van der Waals surface area contributed by atoms with Crippen LogP contribution in [-0.4, -0.2) is 29.0 Å². The van der Waals surface area contributed by atoms with E-state index in [1.54, 1.807) is 41.8 Å². The van der Waals surface area contributed by atoms with Gasteiger partial charge in [-0.25, -0.2) is 4.99 Å². The number of para-hydroxylation sites is 1. The molecule has 0 spiro atoms. The highest BCUT2D eigenvalue weighted by Crippen LogP contribution is 2.41. The maximum atomic E-state index is 13.4. The van der Waals surface area contributed by atoms with Crippen molar-refractivity contribution in [2.75, 3.05) is 5.32 Å². The monoisotopic (exact) mass is 576 g/mol. The molecular weight excluding hydrogens is 544 g/mol. The van der Waals surface area contributed by atoms with E-state index in [0.29, 0.717) is 31.6 Å². The minimum Gasteiger partial charge on any atom is -0.349 e. The molecule has 40 heavy (non-hydrogen) atoms. The maximum absolute atomic E-state index is 13.4. The van der Waals surface area contributed by atoms with E-state index in [2.05, 4.69) is 10.6 Å². The summed E-state index contributed by atoms with van der Waals surface area (Å²) in [7, 11) is 0. The fraction of sp³-hybridized carbons (Fsp3) is 0.367. The number of benzene rings is 2. The fourth-order valence-corrected chi connectivity index (χ4v) is 7.54. The van der Waals surface area contributed by atoms with E-state index in [-0.39, 0.29) is 23.5 Å². The first kappa shape index (κ1) is 28.0. The van der Waals surface area contributed by atoms with Crippen LogP contribution in [0.1, 0.15) is 78.2 Å². The summed E-state index contributed by atoms with van der Waals surface area (Å²) in [5, 5.41) is 18.7. The number of rotatable bonds is 8. The molecule has 0 radical (unpaired) electrons. The fourth-order valence-electron chi connectivity index (χ4n) is 5.32. The van der Waals surface area contributed by atoms with Crippen LogP contribution < -0.4 is 10.6 Å². The van der Waals surface area contributed by atoms with Gasteiger partial charge in [0.1, 0.15) is 5.00 Å². The zero-order valence-corrected chi connectivity index (χ0v) is 24.0. The third-order valence-electron chi connectivity index (χ3n) is 7.25. The zero-order chi connectivity index (χ0) is 28.1. The van der Waals surface area contributed by atoms with Crippen LogP contribution in [-0.2, 0) is 17.6 Å². The third kappa shape index (κ3) is 6.62. The van der Waals surface area contributed by atoms with Gasteiger partial charge >= 0.3 is 0 Å². The summed E-state index contributed by atoms with van der Waals surface area (Å²) in [6.45, 7) is 1.42. The smallest absolute Gasteiger partial charge is 0.283 e. The Kier molecular flexibility index (Phi) is 8.96. The van der Waals surface area contributed by atoms with Crippen molar-refractivity contribution in [1.82, 2.24) is 5.32 Å². The number of amides is 2. The molecule has 0 atom stereocenters. The van der Waals surface area contributed by atoms with E-state index in [0.717, 1.165) is 56.9 Å². The molecule has 0 bridgehead atoms. The molecule has 2 aromatic carbocycles. The highest BCUT2D eigenvalue weighted by Gasteiger charge is 2.27. The standard InChI is InChI=1S/C30H32N4O4S2/c1-19(35)32-23-12-6-8-14-26(23)39-27-16-15-20(17-24(27)34(37)38)18-31-30-28(22-11-5-7-13-25(22)40-30)29(36)33-21-9-3-2-4-10-21/h6,8,12,14-18,21H,2-5,7,9-11,13H2,1H3,(H,32,35)(H,33,36). The van der Waals surface area contributed by atoms with Crippen LogP contribution in [0.2, 0.25) is 0 Å². The number of carbonyl (C=O) groups excluding carboxylic acids is 2. The van der Waals surface area contributed by atoms with E-state index in [9.17, 15) is 19.7 Å². The normalized spacial score (nSPS) is 15.5. The quantitative estimate of drug-likeness (QED) is 0.164. The average Bonchev–Trinajstić information content (AvgIpc) is 3.32. The van der Waals surface area contributed by atoms with Crippen molar-refractivity contribution in [3.8, 4) is 0 Å². The molecule has 2 aliphatic rings. The molecule has 2 amide bonds. The third-order valence-corrected chi connectivity index (χ3v) is 9.59. The van der Waals surface area contributed by atoms with Gasteiger partial charge in [0, 0.05) is 35.0 Å². The van der Waals surface area contributed by atoms with Gasteiger partial charge in [0.25, 0.3) is 11.6 Å². The van der Waals surface area contributed by atoms with E-state index in [1.807, 2.05) is 12.1 Å². The second-order valence-corrected chi connectivity index (χ2v) is 12.4. The van der Waals surface area contributed by atoms with Gasteiger partial charge in [-0.05, 0) is 67.9 Å². The van der Waals surface area contributed by atoms with Crippen LogP contribution in [0.4, 0.5) is 16.4 Å². The van der Waals surface area contributed by atoms with Crippen molar-refractivity contribution < 1.29 is 14.5 Å². The first-order chi connectivity index (χ1) is 19.4. The summed E-state index contributed by atoms with van der Waals surface area (Å²) >= 11 is 2.79. The molecule has 2 aliphatic carbocycles. The Hall–Kier alpha value is -3.50. The largest absolute Gasteiger partial charge is 0.349 e. The van der Waals surface area contributed by atoms with Crippen molar-refractivity contribution in [3.63, 3.8) is 0 Å². The molecule has 10 heteroatoms. The van der Waals surface area contributed by atoms with Crippen molar-refractivity contribution >= 4 is 57.5 Å². The van der Waals surface area contributed by atoms with Crippen molar-refractivity contribution in [2.45, 2.75) is 80.5 Å². The van der Waals surface area contributed by atoms with Gasteiger partial charge in [-0.15, -0.1) is 11.3 Å². The number of thiophene rings is 1. The molecule has 5 rings (SSSR count). The first-order valence-electron chi connectivity index (χ1n) is 13.7. The molecule has 2 N–H and O–H groups in total. The van der Waals surface area contributed by atoms with Gasteiger partial charge < -0.3 is 10.6 Å². The topological polar surface area (TPSA) is 114 Å². The number of aliphatic imine (C=N–C) groups is 1. The number of carbonyl (C=O) groups is 2. The summed E-state index contributed by atoms with van der Waals surface area (Å²) in [6, 6.07) is 12.4. The number of anilines is 1. The number of hydrogen-bond donors (Lipinski definition) is 2. The van der Waals surface area contributed by atoms with Crippen LogP contribution in [0.5, 0.6) is 0 Å². The lowest BCUT2D eigenvalue weighted by Gasteiger charge is -2.23. The molecule has 1 saturated carbocycles. The number of nitrogens with one attached hydrogen (secondary N) is 2. The Morgan fingerprint density at radius 1 is 1.05 bits per heavy atom. The van der Waals surface area contributed by atoms with Gasteiger partial charge in [-0.3, -0.25) is 19.7 Å². The second-order valence-electron chi connectivity index (χ2n) is 10.2. The predicted octanol–water partition coefficient (Wildman–Crippen LogP) is 7.46.